The number of amides is 1. The molecule has 0 fully saturated rings. The van der Waals surface area contributed by atoms with Gasteiger partial charge < -0.3 is 14.8 Å². The smallest absolute Gasteiger partial charge is 0.433 e. The fourth-order valence-electron chi connectivity index (χ4n) is 3.41. The van der Waals surface area contributed by atoms with Gasteiger partial charge in [0.15, 0.2) is 28.5 Å². The molecule has 1 aliphatic rings. The van der Waals surface area contributed by atoms with Crippen molar-refractivity contribution >= 4 is 28.8 Å². The molecule has 1 N–H and O–H groups in total. The van der Waals surface area contributed by atoms with Crippen LogP contribution in [0.3, 0.4) is 0 Å². The number of carbonyl (C=O) groups excluding carboxylic acids is 1. The van der Waals surface area contributed by atoms with Gasteiger partial charge in [-0.2, -0.15) is 18.3 Å². The average molecular weight is 475 g/mol. The zero-order valence-electron chi connectivity index (χ0n) is 16.9. The molecule has 7 nitrogen and oxygen atoms in total. The van der Waals surface area contributed by atoms with E-state index < -0.39 is 17.8 Å². The van der Waals surface area contributed by atoms with Crippen LogP contribution in [0.25, 0.3) is 16.9 Å². The lowest BCUT2D eigenvalue weighted by atomic mass is 10.1. The second-order valence-corrected chi connectivity index (χ2v) is 7.74. The Morgan fingerprint density at radius 3 is 2.67 bits per heavy atom. The molecule has 0 radical (unpaired) electrons. The Labute approximate surface area is 189 Å². The van der Waals surface area contributed by atoms with Crippen LogP contribution < -0.4 is 14.8 Å². The number of aromatic nitrogens is 3. The molecule has 0 bridgehead atoms. The summed E-state index contributed by atoms with van der Waals surface area (Å²) in [4.78, 5) is 17.0. The summed E-state index contributed by atoms with van der Waals surface area (Å²) in [6.07, 6.45) is -4.74. The van der Waals surface area contributed by atoms with Crippen LogP contribution in [0.5, 0.6) is 11.5 Å². The largest absolute Gasteiger partial charge is 0.454 e. The molecule has 11 heteroatoms. The minimum Gasteiger partial charge on any atom is -0.454 e. The maximum absolute atomic E-state index is 13.8. The Balaban J connectivity index is 1.58. The first-order valence-corrected chi connectivity index (χ1v) is 10.0. The molecule has 168 valence electrons. The van der Waals surface area contributed by atoms with E-state index in [4.69, 9.17) is 21.1 Å². The monoisotopic (exact) mass is 474 g/mol. The fourth-order valence-corrected chi connectivity index (χ4v) is 3.58. The second kappa shape index (κ2) is 7.66. The second-order valence-electron chi connectivity index (χ2n) is 7.31. The molecule has 4 aromatic rings. The molecule has 33 heavy (non-hydrogen) atoms. The number of anilines is 1. The van der Waals surface area contributed by atoms with Crippen LogP contribution in [-0.2, 0) is 6.18 Å². The molecule has 3 heterocycles. The first-order valence-electron chi connectivity index (χ1n) is 9.64. The number of rotatable bonds is 3. The Morgan fingerprint density at radius 1 is 1.09 bits per heavy atom. The minimum absolute atomic E-state index is 0.0340. The van der Waals surface area contributed by atoms with E-state index in [0.717, 1.165) is 11.6 Å². The van der Waals surface area contributed by atoms with Crippen LogP contribution in [0.4, 0.5) is 18.9 Å². The number of hydrogen-bond acceptors (Lipinski definition) is 5. The molecule has 1 aliphatic heterocycles. The summed E-state index contributed by atoms with van der Waals surface area (Å²) in [6.45, 7) is 1.79. The third-order valence-corrected chi connectivity index (χ3v) is 5.30. The van der Waals surface area contributed by atoms with E-state index in [1.165, 1.54) is 6.07 Å². The van der Waals surface area contributed by atoms with Crippen molar-refractivity contribution in [2.24, 2.45) is 0 Å². The zero-order chi connectivity index (χ0) is 23.3. The number of aryl methyl sites for hydroxylation is 1. The van der Waals surface area contributed by atoms with E-state index in [-0.39, 0.29) is 23.8 Å². The Kier molecular flexibility index (Phi) is 4.89. The van der Waals surface area contributed by atoms with E-state index in [9.17, 15) is 18.0 Å². The highest BCUT2D eigenvalue weighted by atomic mass is 35.5. The Morgan fingerprint density at radius 2 is 1.88 bits per heavy atom. The number of carbonyl (C=O) groups is 1. The third kappa shape index (κ3) is 3.93. The molecule has 2 aromatic carbocycles. The van der Waals surface area contributed by atoms with Crippen molar-refractivity contribution in [2.45, 2.75) is 13.1 Å². The Bertz CT molecular complexity index is 1420. The predicted octanol–water partition coefficient (Wildman–Crippen LogP) is 5.36. The number of nitrogens with zero attached hydrogens (tertiary/aromatic N) is 3. The van der Waals surface area contributed by atoms with Crippen molar-refractivity contribution in [1.29, 1.82) is 0 Å². The van der Waals surface area contributed by atoms with Gasteiger partial charge in [-0.3, -0.25) is 4.79 Å². The minimum atomic E-state index is -4.74. The van der Waals surface area contributed by atoms with Gasteiger partial charge in [0, 0.05) is 22.3 Å². The van der Waals surface area contributed by atoms with Crippen LogP contribution in [0.2, 0.25) is 5.02 Å². The number of benzene rings is 2. The number of alkyl halides is 3. The normalized spacial score (nSPS) is 12.9. The van der Waals surface area contributed by atoms with Crippen LogP contribution in [-0.4, -0.2) is 27.3 Å². The molecule has 0 unspecified atom stereocenters. The summed E-state index contributed by atoms with van der Waals surface area (Å²) in [5.41, 5.74) is 0.170. The van der Waals surface area contributed by atoms with E-state index in [1.807, 2.05) is 0 Å². The molecule has 0 atom stereocenters. The predicted molar refractivity (Wildman–Crippen MR) is 114 cm³/mol. The molecule has 2 aromatic heterocycles. The van der Waals surface area contributed by atoms with Gasteiger partial charge in [0.25, 0.3) is 5.91 Å². The first kappa shape index (κ1) is 21.1. The lowest BCUT2D eigenvalue weighted by Gasteiger charge is -2.11. The Hall–Kier alpha value is -3.79. The molecular formula is C22H14ClF3N4O3. The summed E-state index contributed by atoms with van der Waals surface area (Å²) in [7, 11) is 0. The molecular weight excluding hydrogens is 461 g/mol. The number of ether oxygens (including phenoxy) is 2. The summed E-state index contributed by atoms with van der Waals surface area (Å²) < 4.78 is 52.7. The van der Waals surface area contributed by atoms with E-state index in [2.05, 4.69) is 15.4 Å². The third-order valence-electron chi connectivity index (χ3n) is 5.07. The van der Waals surface area contributed by atoms with Gasteiger partial charge in [-0.05, 0) is 48.9 Å². The average Bonchev–Trinajstić information content (AvgIpc) is 3.41. The van der Waals surface area contributed by atoms with Gasteiger partial charge in [0.2, 0.25) is 6.79 Å². The SMILES string of the molecule is Cc1ccc(Cl)cc1NC(=O)c1cc2nc(-c3ccc4c(c3)OCO4)cc(C(F)(F)F)n2n1. The van der Waals surface area contributed by atoms with Gasteiger partial charge in [-0.25, -0.2) is 9.50 Å². The zero-order valence-corrected chi connectivity index (χ0v) is 17.7. The first-order chi connectivity index (χ1) is 15.7. The van der Waals surface area contributed by atoms with E-state index in [1.54, 1.807) is 43.3 Å². The van der Waals surface area contributed by atoms with Gasteiger partial charge in [0.1, 0.15) is 0 Å². The topological polar surface area (TPSA) is 77.8 Å². The highest BCUT2D eigenvalue weighted by Crippen LogP contribution is 2.37. The molecule has 5 rings (SSSR count). The lowest BCUT2D eigenvalue weighted by molar-refractivity contribution is -0.142. The standard InChI is InChI=1S/C22H14ClF3N4O3/c1-11-2-4-13(23)7-14(11)28-21(31)16-9-20-27-15(8-19(22(24,25)26)30(20)29-16)12-3-5-17-18(6-12)33-10-32-17/h2-9H,10H2,1H3,(H,28,31). The van der Waals surface area contributed by atoms with Crippen LogP contribution in [0.15, 0.2) is 48.5 Å². The van der Waals surface area contributed by atoms with Crippen LogP contribution in [0.1, 0.15) is 21.7 Å². The molecule has 0 saturated carbocycles. The van der Waals surface area contributed by atoms with E-state index in [0.29, 0.717) is 32.3 Å². The van der Waals surface area contributed by atoms with Gasteiger partial charge in [0.05, 0.1) is 5.69 Å². The van der Waals surface area contributed by atoms with Crippen molar-refractivity contribution in [3.63, 3.8) is 0 Å². The van der Waals surface area contributed by atoms with Crippen molar-refractivity contribution in [3.8, 4) is 22.8 Å². The van der Waals surface area contributed by atoms with Gasteiger partial charge in [-0.1, -0.05) is 17.7 Å². The maximum Gasteiger partial charge on any atom is 0.433 e. The number of hydrogen-bond donors (Lipinski definition) is 1. The lowest BCUT2D eigenvalue weighted by Crippen LogP contribution is -2.16. The fraction of sp³-hybridized carbons (Fsp3) is 0.136. The van der Waals surface area contributed by atoms with Gasteiger partial charge >= 0.3 is 6.18 Å². The van der Waals surface area contributed by atoms with Gasteiger partial charge in [-0.15, -0.1) is 0 Å². The van der Waals surface area contributed by atoms with Crippen molar-refractivity contribution in [3.05, 3.63) is 70.5 Å². The summed E-state index contributed by atoms with van der Waals surface area (Å²) >= 11 is 5.97. The quantitative estimate of drug-likeness (QED) is 0.432. The number of fused-ring (bicyclic) bond motifs is 2. The van der Waals surface area contributed by atoms with Crippen LogP contribution in [0, 0.1) is 6.92 Å². The number of nitrogens with one attached hydrogen (secondary N) is 1. The molecule has 0 spiro atoms. The van der Waals surface area contributed by atoms with Crippen LogP contribution >= 0.6 is 11.6 Å². The maximum atomic E-state index is 13.8. The summed E-state index contributed by atoms with van der Waals surface area (Å²) in [5.74, 6) is 0.215. The van der Waals surface area contributed by atoms with Crippen molar-refractivity contribution in [2.75, 3.05) is 12.1 Å². The highest BCUT2D eigenvalue weighted by molar-refractivity contribution is 6.31. The molecule has 0 aliphatic carbocycles. The highest BCUT2D eigenvalue weighted by Gasteiger charge is 2.36. The summed E-state index contributed by atoms with van der Waals surface area (Å²) in [6, 6.07) is 11.7. The van der Waals surface area contributed by atoms with Crippen molar-refractivity contribution in [1.82, 2.24) is 14.6 Å². The summed E-state index contributed by atoms with van der Waals surface area (Å²) in [5, 5.41) is 6.89. The molecule has 1 amide bonds. The van der Waals surface area contributed by atoms with E-state index >= 15 is 0 Å². The number of halogens is 4. The van der Waals surface area contributed by atoms with Crippen molar-refractivity contribution < 1.29 is 27.4 Å². The molecule has 0 saturated heterocycles.